The normalized spacial score (nSPS) is 20.5. The Balaban J connectivity index is 1.60. The molecular formula is C19H21NO3. The third-order valence-electron chi connectivity index (χ3n) is 4.30. The number of aryl methyl sites for hydroxylation is 1. The number of aliphatic hydroxyl groups is 1. The van der Waals surface area contributed by atoms with Gasteiger partial charge in [0.1, 0.15) is 12.2 Å². The van der Waals surface area contributed by atoms with Crippen molar-refractivity contribution in [2.75, 3.05) is 13.1 Å². The quantitative estimate of drug-likeness (QED) is 0.947. The number of rotatable bonds is 3. The highest BCUT2D eigenvalue weighted by atomic mass is 16.6. The van der Waals surface area contributed by atoms with Crippen molar-refractivity contribution in [2.24, 2.45) is 0 Å². The van der Waals surface area contributed by atoms with Crippen molar-refractivity contribution in [3.63, 3.8) is 0 Å². The van der Waals surface area contributed by atoms with Gasteiger partial charge in [0, 0.05) is 6.54 Å². The maximum Gasteiger partial charge on any atom is 0.410 e. The van der Waals surface area contributed by atoms with E-state index in [1.807, 2.05) is 61.5 Å². The van der Waals surface area contributed by atoms with Gasteiger partial charge in [-0.3, -0.25) is 0 Å². The summed E-state index contributed by atoms with van der Waals surface area (Å²) in [6, 6.07) is 17.4. The summed E-state index contributed by atoms with van der Waals surface area (Å²) in [4.78, 5) is 13.8. The van der Waals surface area contributed by atoms with E-state index >= 15 is 0 Å². The molecular weight excluding hydrogens is 290 g/mol. The highest BCUT2D eigenvalue weighted by molar-refractivity contribution is 5.68. The summed E-state index contributed by atoms with van der Waals surface area (Å²) < 4.78 is 5.34. The van der Waals surface area contributed by atoms with Gasteiger partial charge in [0.2, 0.25) is 0 Å². The molecule has 4 heteroatoms. The molecule has 0 saturated carbocycles. The van der Waals surface area contributed by atoms with Gasteiger partial charge in [-0.25, -0.2) is 4.79 Å². The summed E-state index contributed by atoms with van der Waals surface area (Å²) in [5.41, 5.74) is 1.96. The van der Waals surface area contributed by atoms with Crippen LogP contribution in [0, 0.1) is 6.92 Å². The molecule has 1 N–H and O–H groups in total. The molecule has 1 aliphatic heterocycles. The van der Waals surface area contributed by atoms with Crippen molar-refractivity contribution in [1.82, 2.24) is 4.90 Å². The molecule has 120 valence electrons. The number of likely N-dealkylation sites (tertiary alicyclic amines) is 1. The summed E-state index contributed by atoms with van der Waals surface area (Å²) in [6.07, 6.45) is 0.146. The molecule has 2 aromatic rings. The molecule has 0 spiro atoms. The number of β-amino-alcohol motifs (C(OH)–C–C–N with tert-alkyl or cyclic N) is 1. The lowest BCUT2D eigenvalue weighted by Crippen LogP contribution is -2.34. The number of ether oxygens (including phenoxy) is 1. The van der Waals surface area contributed by atoms with Crippen molar-refractivity contribution in [2.45, 2.75) is 25.6 Å². The monoisotopic (exact) mass is 311 g/mol. The lowest BCUT2D eigenvalue weighted by atomic mass is 9.92. The van der Waals surface area contributed by atoms with Gasteiger partial charge in [-0.1, -0.05) is 60.2 Å². The number of carbonyl (C=O) groups excluding carboxylic acids is 1. The second kappa shape index (κ2) is 6.42. The third kappa shape index (κ3) is 3.54. The zero-order valence-corrected chi connectivity index (χ0v) is 13.2. The summed E-state index contributed by atoms with van der Waals surface area (Å²) in [5, 5.41) is 10.8. The Morgan fingerprint density at radius 1 is 1.17 bits per heavy atom. The molecule has 0 aromatic heterocycles. The Bertz CT molecular complexity index is 669. The van der Waals surface area contributed by atoms with Crippen LogP contribution in [-0.2, 0) is 16.9 Å². The van der Waals surface area contributed by atoms with E-state index in [1.165, 1.54) is 0 Å². The van der Waals surface area contributed by atoms with E-state index in [-0.39, 0.29) is 19.2 Å². The van der Waals surface area contributed by atoms with Crippen LogP contribution < -0.4 is 0 Å². The fourth-order valence-corrected chi connectivity index (χ4v) is 2.86. The van der Waals surface area contributed by atoms with Crippen molar-refractivity contribution in [1.29, 1.82) is 0 Å². The Kier molecular flexibility index (Phi) is 4.35. The Labute approximate surface area is 136 Å². The first-order valence-corrected chi connectivity index (χ1v) is 7.82. The first-order valence-electron chi connectivity index (χ1n) is 7.82. The topological polar surface area (TPSA) is 49.8 Å². The molecule has 1 fully saturated rings. The number of hydrogen-bond donors (Lipinski definition) is 1. The van der Waals surface area contributed by atoms with E-state index in [0.29, 0.717) is 13.0 Å². The Morgan fingerprint density at radius 2 is 1.87 bits per heavy atom. The highest BCUT2D eigenvalue weighted by Crippen LogP contribution is 2.32. The maximum atomic E-state index is 12.2. The molecule has 1 aliphatic rings. The van der Waals surface area contributed by atoms with Gasteiger partial charge in [-0.05, 0) is 24.5 Å². The molecule has 1 saturated heterocycles. The van der Waals surface area contributed by atoms with Crippen LogP contribution >= 0.6 is 0 Å². The summed E-state index contributed by atoms with van der Waals surface area (Å²) in [5.74, 6) is 0. The SMILES string of the molecule is Cc1ccc(C2(O)CCN(C(=O)OCc3ccccc3)C2)cc1. The van der Waals surface area contributed by atoms with Crippen LogP contribution in [0.4, 0.5) is 4.79 Å². The van der Waals surface area contributed by atoms with E-state index < -0.39 is 5.60 Å². The summed E-state index contributed by atoms with van der Waals surface area (Å²) in [6.45, 7) is 3.02. The van der Waals surface area contributed by atoms with Crippen LogP contribution in [0.2, 0.25) is 0 Å². The minimum absolute atomic E-state index is 0.249. The number of hydrogen-bond acceptors (Lipinski definition) is 3. The van der Waals surface area contributed by atoms with E-state index in [4.69, 9.17) is 4.74 Å². The summed E-state index contributed by atoms with van der Waals surface area (Å²) in [7, 11) is 0. The van der Waals surface area contributed by atoms with Crippen LogP contribution in [0.25, 0.3) is 0 Å². The first kappa shape index (κ1) is 15.6. The number of nitrogens with zero attached hydrogens (tertiary/aromatic N) is 1. The molecule has 0 aliphatic carbocycles. The van der Waals surface area contributed by atoms with Crippen LogP contribution in [0.1, 0.15) is 23.1 Å². The highest BCUT2D eigenvalue weighted by Gasteiger charge is 2.40. The number of amides is 1. The van der Waals surface area contributed by atoms with E-state index in [9.17, 15) is 9.90 Å². The predicted octanol–water partition coefficient (Wildman–Crippen LogP) is 3.23. The Hall–Kier alpha value is -2.33. The molecule has 3 rings (SSSR count). The van der Waals surface area contributed by atoms with E-state index in [2.05, 4.69) is 0 Å². The predicted molar refractivity (Wildman–Crippen MR) is 87.9 cm³/mol. The minimum Gasteiger partial charge on any atom is -0.445 e. The molecule has 0 bridgehead atoms. The van der Waals surface area contributed by atoms with Crippen LogP contribution in [0.3, 0.4) is 0 Å². The lowest BCUT2D eigenvalue weighted by Gasteiger charge is -2.24. The van der Waals surface area contributed by atoms with Gasteiger partial charge >= 0.3 is 6.09 Å². The molecule has 23 heavy (non-hydrogen) atoms. The third-order valence-corrected chi connectivity index (χ3v) is 4.30. The van der Waals surface area contributed by atoms with Crippen molar-refractivity contribution >= 4 is 6.09 Å². The molecule has 1 heterocycles. The fourth-order valence-electron chi connectivity index (χ4n) is 2.86. The standard InChI is InChI=1S/C19H21NO3/c1-15-7-9-17(10-8-15)19(22)11-12-20(14-19)18(21)23-13-16-5-3-2-4-6-16/h2-10,22H,11-14H2,1H3. The average molecular weight is 311 g/mol. The second-order valence-electron chi connectivity index (χ2n) is 6.11. The van der Waals surface area contributed by atoms with E-state index in [1.54, 1.807) is 4.90 Å². The van der Waals surface area contributed by atoms with Crippen molar-refractivity contribution < 1.29 is 14.6 Å². The largest absolute Gasteiger partial charge is 0.445 e. The van der Waals surface area contributed by atoms with Gasteiger partial charge in [0.15, 0.2) is 0 Å². The van der Waals surface area contributed by atoms with Crippen LogP contribution in [0.5, 0.6) is 0 Å². The van der Waals surface area contributed by atoms with Gasteiger partial charge in [-0.15, -0.1) is 0 Å². The van der Waals surface area contributed by atoms with E-state index in [0.717, 1.165) is 16.7 Å². The smallest absolute Gasteiger partial charge is 0.410 e. The zero-order chi connectivity index (χ0) is 16.3. The molecule has 1 unspecified atom stereocenters. The van der Waals surface area contributed by atoms with Crippen molar-refractivity contribution in [3.8, 4) is 0 Å². The van der Waals surface area contributed by atoms with Gasteiger partial charge in [0.05, 0.1) is 6.54 Å². The number of carbonyl (C=O) groups is 1. The molecule has 1 amide bonds. The molecule has 4 nitrogen and oxygen atoms in total. The average Bonchev–Trinajstić information content (AvgIpc) is 2.98. The van der Waals surface area contributed by atoms with Gasteiger partial charge < -0.3 is 14.7 Å². The lowest BCUT2D eigenvalue weighted by molar-refractivity contribution is 0.0407. The van der Waals surface area contributed by atoms with Gasteiger partial charge in [-0.2, -0.15) is 0 Å². The van der Waals surface area contributed by atoms with Crippen LogP contribution in [0.15, 0.2) is 54.6 Å². The minimum atomic E-state index is -0.987. The van der Waals surface area contributed by atoms with Gasteiger partial charge in [0.25, 0.3) is 0 Å². The zero-order valence-electron chi connectivity index (χ0n) is 13.2. The fraction of sp³-hybridized carbons (Fsp3) is 0.316. The Morgan fingerprint density at radius 3 is 2.57 bits per heavy atom. The number of benzene rings is 2. The first-order chi connectivity index (χ1) is 11.1. The maximum absolute atomic E-state index is 12.2. The van der Waals surface area contributed by atoms with Crippen LogP contribution in [-0.4, -0.2) is 29.2 Å². The van der Waals surface area contributed by atoms with Crippen molar-refractivity contribution in [3.05, 3.63) is 71.3 Å². The summed E-state index contributed by atoms with van der Waals surface area (Å²) >= 11 is 0. The second-order valence-corrected chi connectivity index (χ2v) is 6.11. The molecule has 1 atom stereocenters. The molecule has 2 aromatic carbocycles. The molecule has 0 radical (unpaired) electrons.